The van der Waals surface area contributed by atoms with Gasteiger partial charge in [-0.25, -0.2) is 4.98 Å². The normalized spacial score (nSPS) is 12.5. The smallest absolute Gasteiger partial charge is 0.216 e. The molecule has 0 N–H and O–H groups in total. The maximum Gasteiger partial charge on any atom is 0.216 e. The van der Waals surface area contributed by atoms with Gasteiger partial charge in [-0.2, -0.15) is 4.98 Å². The molecule has 1 unspecified atom stereocenters. The molecule has 0 aliphatic rings. The molecule has 1 rings (SSSR count). The third kappa shape index (κ3) is 4.47. The molecule has 0 aromatic carbocycles. The van der Waals surface area contributed by atoms with Gasteiger partial charge in [0.1, 0.15) is 5.82 Å². The summed E-state index contributed by atoms with van der Waals surface area (Å²) in [6.45, 7) is 6.68. The number of aryl methyl sites for hydroxylation is 1. The van der Waals surface area contributed by atoms with Crippen molar-refractivity contribution in [3.8, 4) is 5.88 Å². The number of ether oxygens (including phenoxy) is 1. The standard InChI is InChI=1S/C12H19BrN2O/c1-4-6-10(13)7-11-8-12(16-5-2)15-9(3)14-11/h8,10H,4-7H2,1-3H3. The van der Waals surface area contributed by atoms with Crippen LogP contribution in [-0.4, -0.2) is 21.4 Å². The van der Waals surface area contributed by atoms with E-state index in [1.807, 2.05) is 19.9 Å². The SMILES string of the molecule is CCCC(Br)Cc1cc(OCC)nc(C)n1. The first-order valence-corrected chi connectivity index (χ1v) is 6.68. The van der Waals surface area contributed by atoms with Crippen molar-refractivity contribution < 1.29 is 4.74 Å². The molecule has 0 aliphatic heterocycles. The molecule has 0 amide bonds. The van der Waals surface area contributed by atoms with Crippen LogP contribution in [0.25, 0.3) is 0 Å². The Kier molecular flexibility index (Phi) is 5.74. The number of rotatable bonds is 6. The third-order valence-corrected chi connectivity index (χ3v) is 2.97. The predicted molar refractivity (Wildman–Crippen MR) is 69.3 cm³/mol. The highest BCUT2D eigenvalue weighted by Crippen LogP contribution is 2.16. The fourth-order valence-electron chi connectivity index (χ4n) is 1.57. The van der Waals surface area contributed by atoms with E-state index in [0.717, 1.165) is 24.4 Å². The highest BCUT2D eigenvalue weighted by molar-refractivity contribution is 9.09. The molecule has 0 bridgehead atoms. The van der Waals surface area contributed by atoms with Crippen LogP contribution in [-0.2, 0) is 6.42 Å². The zero-order valence-electron chi connectivity index (χ0n) is 10.2. The minimum atomic E-state index is 0.487. The number of aromatic nitrogens is 2. The van der Waals surface area contributed by atoms with Crippen LogP contribution in [0.15, 0.2) is 6.07 Å². The molecule has 0 aliphatic carbocycles. The molecule has 1 aromatic rings. The molecule has 4 heteroatoms. The van der Waals surface area contributed by atoms with Crippen LogP contribution in [0.3, 0.4) is 0 Å². The predicted octanol–water partition coefficient (Wildman–Crippen LogP) is 3.29. The Labute approximate surface area is 106 Å². The quantitative estimate of drug-likeness (QED) is 0.753. The van der Waals surface area contributed by atoms with Crippen LogP contribution < -0.4 is 4.74 Å². The van der Waals surface area contributed by atoms with Gasteiger partial charge >= 0.3 is 0 Å². The lowest BCUT2D eigenvalue weighted by molar-refractivity contribution is 0.324. The monoisotopic (exact) mass is 286 g/mol. The maximum absolute atomic E-state index is 5.40. The first-order valence-electron chi connectivity index (χ1n) is 5.77. The Morgan fingerprint density at radius 3 is 2.75 bits per heavy atom. The average Bonchev–Trinajstić information content (AvgIpc) is 2.17. The second-order valence-electron chi connectivity index (χ2n) is 3.77. The third-order valence-electron chi connectivity index (χ3n) is 2.19. The summed E-state index contributed by atoms with van der Waals surface area (Å²) < 4.78 is 5.40. The van der Waals surface area contributed by atoms with Crippen molar-refractivity contribution >= 4 is 15.9 Å². The Hall–Kier alpha value is -0.640. The number of nitrogens with zero attached hydrogens (tertiary/aromatic N) is 2. The lowest BCUT2D eigenvalue weighted by Gasteiger charge is -2.09. The van der Waals surface area contributed by atoms with E-state index >= 15 is 0 Å². The van der Waals surface area contributed by atoms with Gasteiger partial charge in [-0.1, -0.05) is 29.3 Å². The van der Waals surface area contributed by atoms with Crippen molar-refractivity contribution in [2.24, 2.45) is 0 Å². The molecule has 3 nitrogen and oxygen atoms in total. The molecule has 0 fully saturated rings. The fraction of sp³-hybridized carbons (Fsp3) is 0.667. The molecular formula is C12H19BrN2O. The fourth-order valence-corrected chi connectivity index (χ4v) is 2.36. The van der Waals surface area contributed by atoms with Crippen LogP contribution in [0.1, 0.15) is 38.2 Å². The van der Waals surface area contributed by atoms with Crippen molar-refractivity contribution in [2.75, 3.05) is 6.61 Å². The van der Waals surface area contributed by atoms with Crippen molar-refractivity contribution in [1.82, 2.24) is 9.97 Å². The summed E-state index contributed by atoms with van der Waals surface area (Å²) in [5, 5.41) is 0. The highest BCUT2D eigenvalue weighted by atomic mass is 79.9. The van der Waals surface area contributed by atoms with Gasteiger partial charge in [-0.05, 0) is 20.3 Å². The van der Waals surface area contributed by atoms with Crippen molar-refractivity contribution in [3.63, 3.8) is 0 Å². The molecule has 1 aromatic heterocycles. The summed E-state index contributed by atoms with van der Waals surface area (Å²) in [5.41, 5.74) is 1.05. The molecule has 1 atom stereocenters. The Balaban J connectivity index is 2.71. The first-order chi connectivity index (χ1) is 7.65. The van der Waals surface area contributed by atoms with E-state index < -0.39 is 0 Å². The van der Waals surface area contributed by atoms with Gasteiger partial charge in [0.25, 0.3) is 0 Å². The van der Waals surface area contributed by atoms with Crippen LogP contribution in [0.2, 0.25) is 0 Å². The van der Waals surface area contributed by atoms with E-state index in [9.17, 15) is 0 Å². The minimum absolute atomic E-state index is 0.487. The number of halogens is 1. The molecule has 0 saturated carbocycles. The molecule has 0 spiro atoms. The highest BCUT2D eigenvalue weighted by Gasteiger charge is 2.08. The summed E-state index contributed by atoms with van der Waals surface area (Å²) in [4.78, 5) is 9.13. The second kappa shape index (κ2) is 6.84. The van der Waals surface area contributed by atoms with Gasteiger partial charge in [0.15, 0.2) is 0 Å². The van der Waals surface area contributed by atoms with Crippen molar-refractivity contribution in [2.45, 2.75) is 44.9 Å². The van der Waals surface area contributed by atoms with Gasteiger partial charge < -0.3 is 4.74 Å². The second-order valence-corrected chi connectivity index (χ2v) is 5.06. The Morgan fingerprint density at radius 2 is 2.12 bits per heavy atom. The van der Waals surface area contributed by atoms with Crippen molar-refractivity contribution in [1.29, 1.82) is 0 Å². The lowest BCUT2D eigenvalue weighted by Crippen LogP contribution is -2.07. The van der Waals surface area contributed by atoms with E-state index in [0.29, 0.717) is 17.3 Å². The molecule has 16 heavy (non-hydrogen) atoms. The van der Waals surface area contributed by atoms with Crippen LogP contribution in [0, 0.1) is 6.92 Å². The Bertz CT molecular complexity index is 331. The zero-order valence-corrected chi connectivity index (χ0v) is 11.7. The van der Waals surface area contributed by atoms with Gasteiger partial charge in [0, 0.05) is 23.0 Å². The summed E-state index contributed by atoms with van der Waals surface area (Å²) in [6, 6.07) is 1.93. The van der Waals surface area contributed by atoms with E-state index in [-0.39, 0.29) is 0 Å². The van der Waals surface area contributed by atoms with Crippen LogP contribution in [0.4, 0.5) is 0 Å². The molecule has 1 heterocycles. The summed E-state index contributed by atoms with van der Waals surface area (Å²) >= 11 is 3.66. The number of hydrogen-bond donors (Lipinski definition) is 0. The Morgan fingerprint density at radius 1 is 1.38 bits per heavy atom. The number of alkyl halides is 1. The summed E-state index contributed by atoms with van der Waals surface area (Å²) in [6.07, 6.45) is 3.27. The van der Waals surface area contributed by atoms with E-state index in [4.69, 9.17) is 4.74 Å². The van der Waals surface area contributed by atoms with Crippen LogP contribution in [0.5, 0.6) is 5.88 Å². The van der Waals surface area contributed by atoms with Gasteiger partial charge in [-0.15, -0.1) is 0 Å². The van der Waals surface area contributed by atoms with Gasteiger partial charge in [-0.3, -0.25) is 0 Å². The van der Waals surface area contributed by atoms with Gasteiger partial charge in [0.2, 0.25) is 5.88 Å². The lowest BCUT2D eigenvalue weighted by atomic mass is 10.1. The summed E-state index contributed by atoms with van der Waals surface area (Å²) in [7, 11) is 0. The van der Waals surface area contributed by atoms with Crippen molar-refractivity contribution in [3.05, 3.63) is 17.6 Å². The molecular weight excluding hydrogens is 268 g/mol. The number of hydrogen-bond acceptors (Lipinski definition) is 3. The average molecular weight is 287 g/mol. The largest absolute Gasteiger partial charge is 0.478 e. The van der Waals surface area contributed by atoms with E-state index in [2.05, 4.69) is 32.8 Å². The van der Waals surface area contributed by atoms with E-state index in [1.165, 1.54) is 6.42 Å². The van der Waals surface area contributed by atoms with Crippen LogP contribution >= 0.6 is 15.9 Å². The summed E-state index contributed by atoms with van der Waals surface area (Å²) in [5.74, 6) is 1.46. The molecule has 90 valence electrons. The minimum Gasteiger partial charge on any atom is -0.478 e. The maximum atomic E-state index is 5.40. The van der Waals surface area contributed by atoms with Gasteiger partial charge in [0.05, 0.1) is 6.61 Å². The topological polar surface area (TPSA) is 35.0 Å². The first kappa shape index (κ1) is 13.4. The molecule has 0 radical (unpaired) electrons. The molecule has 0 saturated heterocycles. The van der Waals surface area contributed by atoms with E-state index in [1.54, 1.807) is 0 Å². The zero-order chi connectivity index (χ0) is 12.0.